The Balaban J connectivity index is 1.26. The number of carbonyl (C=O) groups excluding carboxylic acids is 1. The third kappa shape index (κ3) is 3.73. The van der Waals surface area contributed by atoms with E-state index in [4.69, 9.17) is 0 Å². The fourth-order valence-electron chi connectivity index (χ4n) is 4.30. The van der Waals surface area contributed by atoms with Gasteiger partial charge in [0.25, 0.3) is 5.91 Å². The van der Waals surface area contributed by atoms with Gasteiger partial charge in [-0.05, 0) is 29.7 Å². The Morgan fingerprint density at radius 1 is 0.767 bits per heavy atom. The minimum absolute atomic E-state index is 0.0104. The maximum absolute atomic E-state index is 13.1. The minimum atomic E-state index is -0.0104. The van der Waals surface area contributed by atoms with Gasteiger partial charge in [-0.3, -0.25) is 4.79 Å². The summed E-state index contributed by atoms with van der Waals surface area (Å²) in [5.41, 5.74) is 4.41. The van der Waals surface area contributed by atoms with Crippen molar-refractivity contribution in [3.05, 3.63) is 83.8 Å². The summed E-state index contributed by atoms with van der Waals surface area (Å²) >= 11 is 0. The molecule has 0 bridgehead atoms. The molecular formula is C24H25N5O. The van der Waals surface area contributed by atoms with Gasteiger partial charge >= 0.3 is 0 Å². The summed E-state index contributed by atoms with van der Waals surface area (Å²) in [6.07, 6.45) is 2.51. The monoisotopic (exact) mass is 399 g/mol. The molecule has 0 spiro atoms. The van der Waals surface area contributed by atoms with Gasteiger partial charge < -0.3 is 14.7 Å². The van der Waals surface area contributed by atoms with Gasteiger partial charge in [0.2, 0.25) is 0 Å². The number of hydrogen-bond acceptors (Lipinski definition) is 5. The maximum atomic E-state index is 13.1. The topological polar surface area (TPSA) is 52.6 Å². The normalized spacial score (nSPS) is 16.3. The molecule has 30 heavy (non-hydrogen) atoms. The van der Waals surface area contributed by atoms with Crippen molar-refractivity contribution in [2.75, 3.05) is 42.5 Å². The number of anilines is 2. The molecule has 0 atom stereocenters. The number of hydrogen-bond donors (Lipinski definition) is 0. The lowest BCUT2D eigenvalue weighted by atomic mass is 10.00. The Kier molecular flexibility index (Phi) is 5.05. The second-order valence-corrected chi connectivity index (χ2v) is 7.82. The van der Waals surface area contributed by atoms with Crippen LogP contribution in [0.4, 0.5) is 11.5 Å². The molecule has 0 radical (unpaired) electrons. The molecule has 5 rings (SSSR count). The van der Waals surface area contributed by atoms with Gasteiger partial charge in [0.05, 0.1) is 0 Å². The maximum Gasteiger partial charge on any atom is 0.272 e. The minimum Gasteiger partial charge on any atom is -0.368 e. The smallest absolute Gasteiger partial charge is 0.272 e. The molecule has 0 saturated carbocycles. The SMILES string of the molecule is O=C(c1cc(N2CCc3ccccc3C2)ncn1)N1CCN(c2ccccc2)CC1. The first kappa shape index (κ1) is 18.6. The number of rotatable bonds is 3. The predicted molar refractivity (Wildman–Crippen MR) is 118 cm³/mol. The quantitative estimate of drug-likeness (QED) is 0.678. The molecular weight excluding hydrogens is 374 g/mol. The highest BCUT2D eigenvalue weighted by atomic mass is 16.2. The number of carbonyl (C=O) groups is 1. The van der Waals surface area contributed by atoms with Crippen LogP contribution in [0.5, 0.6) is 0 Å². The Morgan fingerprint density at radius 2 is 1.50 bits per heavy atom. The van der Waals surface area contributed by atoms with Gasteiger partial charge in [0, 0.05) is 51.0 Å². The summed E-state index contributed by atoms with van der Waals surface area (Å²) in [5, 5.41) is 0. The van der Waals surface area contributed by atoms with E-state index in [0.717, 1.165) is 38.4 Å². The van der Waals surface area contributed by atoms with Gasteiger partial charge in [-0.2, -0.15) is 0 Å². The lowest BCUT2D eigenvalue weighted by Gasteiger charge is -2.36. The number of nitrogens with zero attached hydrogens (tertiary/aromatic N) is 5. The van der Waals surface area contributed by atoms with Crippen LogP contribution >= 0.6 is 0 Å². The molecule has 2 aliphatic rings. The van der Waals surface area contributed by atoms with E-state index >= 15 is 0 Å². The van der Waals surface area contributed by atoms with Crippen molar-refractivity contribution in [1.82, 2.24) is 14.9 Å². The van der Waals surface area contributed by atoms with Crippen LogP contribution in [0.2, 0.25) is 0 Å². The molecule has 1 amide bonds. The van der Waals surface area contributed by atoms with Crippen LogP contribution in [0.25, 0.3) is 0 Å². The Labute approximate surface area is 176 Å². The molecule has 152 valence electrons. The van der Waals surface area contributed by atoms with E-state index in [1.165, 1.54) is 23.1 Å². The largest absolute Gasteiger partial charge is 0.368 e. The predicted octanol–water partition coefficient (Wildman–Crippen LogP) is 3.00. The van der Waals surface area contributed by atoms with E-state index in [9.17, 15) is 4.79 Å². The van der Waals surface area contributed by atoms with E-state index in [1.54, 1.807) is 0 Å². The van der Waals surface area contributed by atoms with Crippen LogP contribution in [0.1, 0.15) is 21.6 Å². The molecule has 0 N–H and O–H groups in total. The van der Waals surface area contributed by atoms with E-state index in [1.807, 2.05) is 29.2 Å². The van der Waals surface area contributed by atoms with Crippen LogP contribution in [0.3, 0.4) is 0 Å². The van der Waals surface area contributed by atoms with Crippen LogP contribution in [0, 0.1) is 0 Å². The van der Waals surface area contributed by atoms with Crippen LogP contribution in [-0.2, 0) is 13.0 Å². The fraction of sp³-hybridized carbons (Fsp3) is 0.292. The molecule has 1 fully saturated rings. The molecule has 3 aromatic rings. The Bertz CT molecular complexity index is 1030. The molecule has 1 saturated heterocycles. The van der Waals surface area contributed by atoms with Crippen LogP contribution in [-0.4, -0.2) is 53.5 Å². The second-order valence-electron chi connectivity index (χ2n) is 7.82. The summed E-state index contributed by atoms with van der Waals surface area (Å²) in [4.78, 5) is 28.3. The first-order valence-electron chi connectivity index (χ1n) is 10.5. The molecule has 2 aliphatic heterocycles. The molecule has 6 nitrogen and oxygen atoms in total. The van der Waals surface area contributed by atoms with E-state index < -0.39 is 0 Å². The van der Waals surface area contributed by atoms with Gasteiger partial charge in [-0.1, -0.05) is 42.5 Å². The molecule has 0 unspecified atom stereocenters. The summed E-state index contributed by atoms with van der Waals surface area (Å²) in [7, 11) is 0. The fourth-order valence-corrected chi connectivity index (χ4v) is 4.30. The highest BCUT2D eigenvalue weighted by molar-refractivity contribution is 5.93. The zero-order valence-electron chi connectivity index (χ0n) is 16.9. The number of fused-ring (bicyclic) bond motifs is 1. The first-order valence-corrected chi connectivity index (χ1v) is 10.5. The van der Waals surface area contributed by atoms with Crippen molar-refractivity contribution in [3.8, 4) is 0 Å². The van der Waals surface area contributed by atoms with Crippen molar-refractivity contribution in [2.45, 2.75) is 13.0 Å². The molecule has 0 aliphatic carbocycles. The first-order chi connectivity index (χ1) is 14.8. The van der Waals surface area contributed by atoms with Crippen LogP contribution in [0.15, 0.2) is 67.0 Å². The third-order valence-corrected chi connectivity index (χ3v) is 6.01. The number of benzene rings is 2. The zero-order valence-corrected chi connectivity index (χ0v) is 16.9. The average molecular weight is 399 g/mol. The van der Waals surface area contributed by atoms with Gasteiger partial charge in [-0.15, -0.1) is 0 Å². The van der Waals surface area contributed by atoms with E-state index in [-0.39, 0.29) is 5.91 Å². The Hall–Kier alpha value is -3.41. The summed E-state index contributed by atoms with van der Waals surface area (Å²) in [6.45, 7) is 4.77. The van der Waals surface area contributed by atoms with Crippen molar-refractivity contribution in [2.24, 2.45) is 0 Å². The number of para-hydroxylation sites is 1. The van der Waals surface area contributed by atoms with E-state index in [2.05, 4.69) is 56.2 Å². The van der Waals surface area contributed by atoms with E-state index in [0.29, 0.717) is 18.8 Å². The van der Waals surface area contributed by atoms with Crippen molar-refractivity contribution in [1.29, 1.82) is 0 Å². The second kappa shape index (κ2) is 8.14. The molecule has 2 aromatic carbocycles. The highest BCUT2D eigenvalue weighted by Crippen LogP contribution is 2.23. The van der Waals surface area contributed by atoms with Gasteiger partial charge in [0.15, 0.2) is 0 Å². The lowest BCUT2D eigenvalue weighted by Crippen LogP contribution is -2.49. The number of amides is 1. The molecule has 1 aromatic heterocycles. The van der Waals surface area contributed by atoms with Crippen LogP contribution < -0.4 is 9.80 Å². The molecule has 3 heterocycles. The number of piperazine rings is 1. The van der Waals surface area contributed by atoms with Crippen molar-refractivity contribution >= 4 is 17.4 Å². The lowest BCUT2D eigenvalue weighted by molar-refractivity contribution is 0.0740. The standard InChI is InChI=1S/C24H25N5O/c30-24(28-14-12-27(13-15-28)21-8-2-1-3-9-21)22-16-23(26-18-25-22)29-11-10-19-6-4-5-7-20(19)17-29/h1-9,16,18H,10-15,17H2. The van der Waals surface area contributed by atoms with Crippen molar-refractivity contribution < 1.29 is 4.79 Å². The highest BCUT2D eigenvalue weighted by Gasteiger charge is 2.24. The number of aromatic nitrogens is 2. The summed E-state index contributed by atoms with van der Waals surface area (Å²) in [6, 6.07) is 20.7. The Morgan fingerprint density at radius 3 is 2.30 bits per heavy atom. The summed E-state index contributed by atoms with van der Waals surface area (Å²) < 4.78 is 0. The average Bonchev–Trinajstić information content (AvgIpc) is 2.84. The third-order valence-electron chi connectivity index (χ3n) is 6.01. The van der Waals surface area contributed by atoms with Gasteiger partial charge in [0.1, 0.15) is 17.8 Å². The zero-order chi connectivity index (χ0) is 20.3. The summed E-state index contributed by atoms with van der Waals surface area (Å²) in [5.74, 6) is 0.814. The van der Waals surface area contributed by atoms with Gasteiger partial charge in [-0.25, -0.2) is 9.97 Å². The molecule has 6 heteroatoms. The van der Waals surface area contributed by atoms with Crippen molar-refractivity contribution in [3.63, 3.8) is 0 Å².